The average Bonchev–Trinajstić information content (AvgIpc) is 3.29. The summed E-state index contributed by atoms with van der Waals surface area (Å²) in [6.45, 7) is 3.25. The van der Waals surface area contributed by atoms with E-state index in [0.29, 0.717) is 17.9 Å². The van der Waals surface area contributed by atoms with E-state index in [1.54, 1.807) is 17.1 Å². The van der Waals surface area contributed by atoms with Gasteiger partial charge in [-0.2, -0.15) is 5.10 Å². The van der Waals surface area contributed by atoms with Crippen LogP contribution in [0, 0.1) is 6.92 Å². The molecule has 27 heavy (non-hydrogen) atoms. The molecule has 0 radical (unpaired) electrons. The Hall–Kier alpha value is -3.48. The number of hydrogen-bond acceptors (Lipinski definition) is 4. The van der Waals surface area contributed by atoms with Gasteiger partial charge in [-0.1, -0.05) is 18.2 Å². The number of pyridine rings is 1. The lowest BCUT2D eigenvalue weighted by Crippen LogP contribution is -2.25. The number of aryl methyl sites for hydroxylation is 1. The predicted molar refractivity (Wildman–Crippen MR) is 103 cm³/mol. The van der Waals surface area contributed by atoms with Crippen molar-refractivity contribution in [1.29, 1.82) is 0 Å². The molecule has 0 bridgehead atoms. The maximum absolute atomic E-state index is 12.5. The van der Waals surface area contributed by atoms with E-state index in [1.165, 1.54) is 0 Å². The van der Waals surface area contributed by atoms with Gasteiger partial charge in [-0.05, 0) is 37.6 Å². The molecule has 7 heteroatoms. The van der Waals surface area contributed by atoms with E-state index in [0.717, 1.165) is 29.7 Å². The van der Waals surface area contributed by atoms with E-state index >= 15 is 0 Å². The first-order valence-corrected chi connectivity index (χ1v) is 8.88. The molecule has 3 aromatic heterocycles. The van der Waals surface area contributed by atoms with E-state index in [2.05, 4.69) is 31.0 Å². The Kier molecular flexibility index (Phi) is 4.65. The molecular formula is C20H20N6O. The first-order valence-electron chi connectivity index (χ1n) is 8.88. The molecule has 0 atom stereocenters. The molecule has 0 fully saturated rings. The number of hydrogen-bond donors (Lipinski definition) is 1. The number of carbonyl (C=O) groups is 1. The van der Waals surface area contributed by atoms with Crippen molar-refractivity contribution < 1.29 is 4.79 Å². The smallest absolute Gasteiger partial charge is 0.254 e. The van der Waals surface area contributed by atoms with Crippen LogP contribution in [0.4, 0.5) is 0 Å². The summed E-state index contributed by atoms with van der Waals surface area (Å²) >= 11 is 0. The van der Waals surface area contributed by atoms with E-state index < -0.39 is 0 Å². The zero-order valence-electron chi connectivity index (χ0n) is 15.0. The minimum Gasteiger partial charge on any atom is -0.352 e. The second-order valence-electron chi connectivity index (χ2n) is 6.28. The summed E-state index contributed by atoms with van der Waals surface area (Å²) in [5.41, 5.74) is 3.43. The number of nitrogens with zero attached hydrogens (tertiary/aromatic N) is 5. The molecule has 1 N–H and O–H groups in total. The van der Waals surface area contributed by atoms with Crippen LogP contribution in [0.1, 0.15) is 22.5 Å². The van der Waals surface area contributed by atoms with Gasteiger partial charge in [-0.25, -0.2) is 14.6 Å². The minimum atomic E-state index is -0.120. The molecule has 1 amide bonds. The molecule has 1 aromatic carbocycles. The molecular weight excluding hydrogens is 340 g/mol. The predicted octanol–water partition coefficient (Wildman–Crippen LogP) is 2.75. The normalized spacial score (nSPS) is 11.0. The van der Waals surface area contributed by atoms with Crippen LogP contribution in [0.15, 0.2) is 61.2 Å². The topological polar surface area (TPSA) is 77.6 Å². The van der Waals surface area contributed by atoms with Gasteiger partial charge in [0.1, 0.15) is 0 Å². The first-order chi connectivity index (χ1) is 13.2. The second kappa shape index (κ2) is 7.41. The molecule has 0 aliphatic rings. The largest absolute Gasteiger partial charge is 0.352 e. The van der Waals surface area contributed by atoms with Gasteiger partial charge in [0.25, 0.3) is 5.91 Å². The Balaban J connectivity index is 1.35. The average molecular weight is 360 g/mol. The van der Waals surface area contributed by atoms with E-state index in [1.807, 2.05) is 49.6 Å². The van der Waals surface area contributed by atoms with Crippen molar-refractivity contribution in [3.05, 3.63) is 72.4 Å². The number of aromatic nitrogens is 5. The lowest BCUT2D eigenvalue weighted by Gasteiger charge is -2.07. The number of fused-ring (bicyclic) bond motifs is 1. The molecule has 0 unspecified atom stereocenters. The third kappa shape index (κ3) is 3.44. The fourth-order valence-corrected chi connectivity index (χ4v) is 3.08. The zero-order chi connectivity index (χ0) is 18.6. The second-order valence-corrected chi connectivity index (χ2v) is 6.28. The van der Waals surface area contributed by atoms with Crippen LogP contribution in [0.25, 0.3) is 16.9 Å². The molecule has 0 spiro atoms. The number of amides is 1. The molecule has 4 rings (SSSR count). The van der Waals surface area contributed by atoms with Crippen LogP contribution in [-0.4, -0.2) is 36.8 Å². The van der Waals surface area contributed by atoms with Crippen molar-refractivity contribution in [1.82, 2.24) is 29.6 Å². The number of rotatable bonds is 6. The van der Waals surface area contributed by atoms with Gasteiger partial charge in [0.15, 0.2) is 5.82 Å². The lowest BCUT2D eigenvalue weighted by molar-refractivity contribution is 0.0952. The zero-order valence-corrected chi connectivity index (χ0v) is 15.0. The standard InChI is InChI=1S/C20H20N6O/c1-15-16(13-24-26(15)19-9-4-5-10-21-19)20(27)22-11-6-12-25-14-23-17-7-2-3-8-18(17)25/h2-5,7-10,13-14H,6,11-12H2,1H3,(H,22,27). The van der Waals surface area contributed by atoms with Gasteiger partial charge in [0.2, 0.25) is 0 Å². The van der Waals surface area contributed by atoms with Gasteiger partial charge in [0, 0.05) is 19.3 Å². The van der Waals surface area contributed by atoms with Crippen molar-refractivity contribution in [3.63, 3.8) is 0 Å². The van der Waals surface area contributed by atoms with Crippen molar-refractivity contribution in [3.8, 4) is 5.82 Å². The summed E-state index contributed by atoms with van der Waals surface area (Å²) in [7, 11) is 0. The highest BCUT2D eigenvalue weighted by Crippen LogP contribution is 2.13. The van der Waals surface area contributed by atoms with E-state index in [4.69, 9.17) is 0 Å². The van der Waals surface area contributed by atoms with Crippen LogP contribution in [0.2, 0.25) is 0 Å². The van der Waals surface area contributed by atoms with Crippen molar-refractivity contribution >= 4 is 16.9 Å². The van der Waals surface area contributed by atoms with E-state index in [9.17, 15) is 4.79 Å². The molecule has 136 valence electrons. The monoisotopic (exact) mass is 360 g/mol. The lowest BCUT2D eigenvalue weighted by atomic mass is 10.2. The Morgan fingerprint density at radius 3 is 2.81 bits per heavy atom. The molecule has 0 saturated heterocycles. The van der Waals surface area contributed by atoms with Crippen LogP contribution in [0.5, 0.6) is 0 Å². The van der Waals surface area contributed by atoms with Gasteiger partial charge >= 0.3 is 0 Å². The summed E-state index contributed by atoms with van der Waals surface area (Å²) in [4.78, 5) is 21.1. The molecule has 0 aliphatic carbocycles. The Labute approximate surface area is 156 Å². The third-order valence-electron chi connectivity index (χ3n) is 4.51. The quantitative estimate of drug-likeness (QED) is 0.536. The maximum atomic E-state index is 12.5. The summed E-state index contributed by atoms with van der Waals surface area (Å²) in [6.07, 6.45) is 5.95. The van der Waals surface area contributed by atoms with Crippen LogP contribution >= 0.6 is 0 Å². The SMILES string of the molecule is Cc1c(C(=O)NCCCn2cnc3ccccc32)cnn1-c1ccccn1. The summed E-state index contributed by atoms with van der Waals surface area (Å²) < 4.78 is 3.78. The van der Waals surface area contributed by atoms with Crippen LogP contribution < -0.4 is 5.32 Å². The fourth-order valence-electron chi connectivity index (χ4n) is 3.08. The molecule has 4 aromatic rings. The minimum absolute atomic E-state index is 0.120. The molecule has 0 aliphatic heterocycles. The van der Waals surface area contributed by atoms with Gasteiger partial charge in [-0.15, -0.1) is 0 Å². The highest BCUT2D eigenvalue weighted by molar-refractivity contribution is 5.95. The summed E-state index contributed by atoms with van der Waals surface area (Å²) in [5, 5.41) is 7.26. The van der Waals surface area contributed by atoms with Gasteiger partial charge in [-0.3, -0.25) is 4.79 Å². The van der Waals surface area contributed by atoms with Crippen molar-refractivity contribution in [2.75, 3.05) is 6.54 Å². The highest BCUT2D eigenvalue weighted by atomic mass is 16.1. The number of nitrogens with one attached hydrogen (secondary N) is 1. The molecule has 0 saturated carbocycles. The van der Waals surface area contributed by atoms with Crippen LogP contribution in [-0.2, 0) is 6.54 Å². The Morgan fingerprint density at radius 1 is 1.11 bits per heavy atom. The van der Waals surface area contributed by atoms with Gasteiger partial charge < -0.3 is 9.88 Å². The Morgan fingerprint density at radius 2 is 1.96 bits per heavy atom. The van der Waals surface area contributed by atoms with E-state index in [-0.39, 0.29) is 5.91 Å². The summed E-state index contributed by atoms with van der Waals surface area (Å²) in [6, 6.07) is 13.6. The van der Waals surface area contributed by atoms with Crippen molar-refractivity contribution in [2.24, 2.45) is 0 Å². The molecule has 7 nitrogen and oxygen atoms in total. The third-order valence-corrected chi connectivity index (χ3v) is 4.51. The molecule has 3 heterocycles. The fraction of sp³-hybridized carbons (Fsp3) is 0.200. The summed E-state index contributed by atoms with van der Waals surface area (Å²) in [5.74, 6) is 0.575. The van der Waals surface area contributed by atoms with Gasteiger partial charge in [0.05, 0.1) is 34.8 Å². The van der Waals surface area contributed by atoms with Crippen molar-refractivity contribution in [2.45, 2.75) is 19.9 Å². The maximum Gasteiger partial charge on any atom is 0.254 e. The number of para-hydroxylation sites is 2. The highest BCUT2D eigenvalue weighted by Gasteiger charge is 2.15. The Bertz CT molecular complexity index is 1070. The number of benzene rings is 1. The first kappa shape index (κ1) is 17.0. The van der Waals surface area contributed by atoms with Crippen LogP contribution in [0.3, 0.4) is 0 Å². The number of carbonyl (C=O) groups excluding carboxylic acids is 1. The number of imidazole rings is 1.